The largest absolute Gasteiger partial charge is 0.490 e. The van der Waals surface area contributed by atoms with Crippen LogP contribution in [0, 0.1) is 12.7 Å². The maximum atomic E-state index is 17.1. The van der Waals surface area contributed by atoms with Crippen molar-refractivity contribution in [2.24, 2.45) is 0 Å². The smallest absolute Gasteiger partial charge is 0.475 e. The molecule has 0 spiro atoms. The van der Waals surface area contributed by atoms with Crippen LogP contribution in [0.1, 0.15) is 69.4 Å². The SMILES string of the molecule is Cc1cc2[nH]ncc2c2c1CCCCC(=O)N[C@]1(C)CCCN(C1)c1nc(OC[C@@]34CCCN3C[C@H](F)C4)nc3c(F)c-2ncc13.O=C(O)C(F)(F)F.O=C(O)C(F)(F)F. The molecule has 1 aromatic carbocycles. The maximum Gasteiger partial charge on any atom is 0.490 e. The van der Waals surface area contributed by atoms with Crippen molar-refractivity contribution >= 4 is 45.5 Å². The number of anilines is 1. The number of fused-ring (bicyclic) bond motifs is 8. The molecule has 3 atom stereocenters. The monoisotopic (exact) mass is 858 g/mol. The van der Waals surface area contributed by atoms with Crippen LogP contribution in [-0.2, 0) is 20.8 Å². The van der Waals surface area contributed by atoms with Crippen molar-refractivity contribution in [3.05, 3.63) is 35.4 Å². The molecule has 8 heterocycles. The fourth-order valence-corrected chi connectivity index (χ4v) is 8.52. The predicted octanol–water partition coefficient (Wildman–Crippen LogP) is 6.44. The first-order valence-electron chi connectivity index (χ1n) is 19.1. The number of nitrogens with zero attached hydrogens (tertiary/aromatic N) is 6. The highest BCUT2D eigenvalue weighted by molar-refractivity contribution is 5.99. The van der Waals surface area contributed by atoms with Crippen LogP contribution in [0.25, 0.3) is 33.1 Å². The van der Waals surface area contributed by atoms with Crippen LogP contribution in [0.15, 0.2) is 18.5 Å². The number of nitrogens with one attached hydrogen (secondary N) is 2. The molecule has 3 fully saturated rings. The van der Waals surface area contributed by atoms with E-state index in [0.717, 1.165) is 60.7 Å². The average molecular weight is 859 g/mol. The van der Waals surface area contributed by atoms with Crippen LogP contribution in [0.4, 0.5) is 40.9 Å². The van der Waals surface area contributed by atoms with Gasteiger partial charge in [0.1, 0.15) is 29.8 Å². The van der Waals surface area contributed by atoms with Gasteiger partial charge in [0, 0.05) is 49.6 Å². The second-order valence-corrected chi connectivity index (χ2v) is 15.7. The van der Waals surface area contributed by atoms with E-state index in [2.05, 4.69) is 37.2 Å². The van der Waals surface area contributed by atoms with Gasteiger partial charge < -0.3 is 25.2 Å². The fourth-order valence-electron chi connectivity index (χ4n) is 8.52. The van der Waals surface area contributed by atoms with E-state index in [1.807, 2.05) is 13.0 Å². The number of carbonyl (C=O) groups is 3. The Hall–Kier alpha value is -5.41. The van der Waals surface area contributed by atoms with Crippen molar-refractivity contribution in [3.8, 4) is 17.3 Å². The zero-order chi connectivity index (χ0) is 43.8. The summed E-state index contributed by atoms with van der Waals surface area (Å²) in [7, 11) is 0. The van der Waals surface area contributed by atoms with E-state index in [9.17, 15) is 35.5 Å². The summed E-state index contributed by atoms with van der Waals surface area (Å²) in [6, 6.07) is 2.10. The summed E-state index contributed by atoms with van der Waals surface area (Å²) in [5.74, 6) is -5.49. The maximum absolute atomic E-state index is 17.1. The number of hydrogen-bond donors (Lipinski definition) is 4. The van der Waals surface area contributed by atoms with Gasteiger partial charge in [0.2, 0.25) is 5.91 Å². The first-order valence-corrected chi connectivity index (χ1v) is 19.1. The quantitative estimate of drug-likeness (QED) is 0.166. The number of carboxylic acids is 2. The van der Waals surface area contributed by atoms with Gasteiger partial charge in [-0.3, -0.25) is 19.8 Å². The number of H-pyrrole nitrogens is 1. The Labute approximate surface area is 336 Å². The summed E-state index contributed by atoms with van der Waals surface area (Å²) in [5.41, 5.74) is 2.94. The zero-order valence-electron chi connectivity index (χ0n) is 32.4. The van der Waals surface area contributed by atoms with Crippen LogP contribution >= 0.6 is 0 Å². The Balaban J connectivity index is 0.000000373. The van der Waals surface area contributed by atoms with Crippen LogP contribution in [0.2, 0.25) is 0 Å². The minimum atomic E-state index is -5.08. The van der Waals surface area contributed by atoms with Gasteiger partial charge in [0.15, 0.2) is 5.82 Å². The minimum absolute atomic E-state index is 0.0367. The molecule has 0 aliphatic carbocycles. The lowest BCUT2D eigenvalue weighted by molar-refractivity contribution is -0.193. The molecule has 5 aliphatic rings. The molecule has 9 rings (SSSR count). The van der Waals surface area contributed by atoms with E-state index >= 15 is 4.39 Å². The van der Waals surface area contributed by atoms with Gasteiger partial charge in [-0.25, -0.2) is 18.4 Å². The lowest BCUT2D eigenvalue weighted by Crippen LogP contribution is -2.57. The minimum Gasteiger partial charge on any atom is -0.475 e. The van der Waals surface area contributed by atoms with Crippen LogP contribution in [0.5, 0.6) is 6.01 Å². The zero-order valence-corrected chi connectivity index (χ0v) is 32.4. The third-order valence-corrected chi connectivity index (χ3v) is 11.2. The average Bonchev–Trinajstić information content (AvgIpc) is 3.86. The second-order valence-electron chi connectivity index (χ2n) is 15.7. The number of carboxylic acid groups (broad SMARTS) is 2. The molecule has 0 radical (unpaired) electrons. The third-order valence-electron chi connectivity index (χ3n) is 11.2. The third kappa shape index (κ3) is 9.47. The highest BCUT2D eigenvalue weighted by atomic mass is 19.4. The van der Waals surface area contributed by atoms with E-state index in [4.69, 9.17) is 34.5 Å². The standard InChI is InChI=1S/C34H40F2N8O2.2C2HF3O2/c1-20-13-25-23(16-38-42-25)27-22(20)7-3-4-8-26(45)41-33(2)9-5-11-43(18-33)31-24-15-37-30(27)28(36)29(24)39-32(40-31)46-19-34-10-6-12-44(34)17-21(35)14-34;2*3-2(4,5)1(6)7/h13,15-16,21H,3-12,14,17-19H2,1-2H3,(H,38,42)(H,41,45);2*(H,6,7)/t21-,33-,34+;;/m1../s1. The molecular formula is C38H42F8N8O6. The molecule has 6 bridgehead atoms. The number of aromatic nitrogens is 5. The van der Waals surface area contributed by atoms with E-state index in [1.165, 1.54) is 0 Å². The van der Waals surface area contributed by atoms with Crippen molar-refractivity contribution in [3.63, 3.8) is 0 Å². The topological polar surface area (TPSA) is 187 Å². The van der Waals surface area contributed by atoms with E-state index in [-0.39, 0.29) is 29.7 Å². The number of carbonyl (C=O) groups excluding carboxylic acids is 1. The molecule has 4 aromatic rings. The molecule has 5 aliphatic heterocycles. The molecule has 4 N–H and O–H groups in total. The fraction of sp³-hybridized carbons (Fsp3) is 0.553. The van der Waals surface area contributed by atoms with E-state index in [0.29, 0.717) is 62.1 Å². The van der Waals surface area contributed by atoms with Crippen molar-refractivity contribution < 1.29 is 64.5 Å². The van der Waals surface area contributed by atoms with E-state index < -0.39 is 47.4 Å². The van der Waals surface area contributed by atoms with Crippen molar-refractivity contribution in [2.75, 3.05) is 37.7 Å². The highest BCUT2D eigenvalue weighted by Crippen LogP contribution is 2.42. The van der Waals surface area contributed by atoms with Gasteiger partial charge in [-0.1, -0.05) is 0 Å². The lowest BCUT2D eigenvalue weighted by atomic mass is 9.89. The first kappa shape index (κ1) is 44.2. The van der Waals surface area contributed by atoms with Gasteiger partial charge in [-0.05, 0) is 82.5 Å². The summed E-state index contributed by atoms with van der Waals surface area (Å²) in [5, 5.41) is 26.1. The molecule has 326 valence electrons. The van der Waals surface area contributed by atoms with Crippen LogP contribution in [-0.4, -0.2) is 120 Å². The summed E-state index contributed by atoms with van der Waals surface area (Å²) in [4.78, 5) is 49.5. The normalized spacial score (nSPS) is 23.3. The Morgan fingerprint density at radius 3 is 2.32 bits per heavy atom. The summed E-state index contributed by atoms with van der Waals surface area (Å²) in [6.45, 7) is 6.76. The molecule has 14 nitrogen and oxygen atoms in total. The van der Waals surface area contributed by atoms with Crippen LogP contribution < -0.4 is 15.0 Å². The van der Waals surface area contributed by atoms with Crippen molar-refractivity contribution in [1.29, 1.82) is 0 Å². The summed E-state index contributed by atoms with van der Waals surface area (Å²) >= 11 is 0. The molecule has 60 heavy (non-hydrogen) atoms. The lowest BCUT2D eigenvalue weighted by Gasteiger charge is -2.42. The predicted molar refractivity (Wildman–Crippen MR) is 199 cm³/mol. The molecule has 3 aromatic heterocycles. The van der Waals surface area contributed by atoms with Crippen LogP contribution in [0.3, 0.4) is 0 Å². The van der Waals surface area contributed by atoms with Crippen molar-refractivity contribution in [1.82, 2.24) is 35.4 Å². The number of amides is 1. The van der Waals surface area contributed by atoms with Gasteiger partial charge in [-0.2, -0.15) is 41.4 Å². The number of benzene rings is 1. The van der Waals surface area contributed by atoms with Gasteiger partial charge in [0.05, 0.1) is 28.2 Å². The molecule has 0 saturated carbocycles. The first-order chi connectivity index (χ1) is 28.1. The van der Waals surface area contributed by atoms with E-state index in [1.54, 1.807) is 12.4 Å². The molecular weight excluding hydrogens is 816 g/mol. The number of aliphatic carboxylic acids is 2. The number of aromatic amines is 1. The van der Waals surface area contributed by atoms with Gasteiger partial charge >= 0.3 is 30.3 Å². The Morgan fingerprint density at radius 1 is 0.967 bits per heavy atom. The second kappa shape index (κ2) is 16.9. The van der Waals surface area contributed by atoms with Crippen molar-refractivity contribution in [2.45, 2.75) is 101 Å². The molecule has 3 saturated heterocycles. The Bertz CT molecular complexity index is 2250. The number of rotatable bonds is 3. The number of aryl methyl sites for hydroxylation is 1. The number of ether oxygens (including phenoxy) is 1. The Morgan fingerprint density at radius 2 is 1.63 bits per heavy atom. The molecule has 1 amide bonds. The highest BCUT2D eigenvalue weighted by Gasteiger charge is 2.49. The number of piperidine rings is 1. The van der Waals surface area contributed by atoms with Gasteiger partial charge in [0.25, 0.3) is 0 Å². The molecule has 0 unspecified atom stereocenters. The number of pyridine rings is 1. The number of halogens is 8. The summed E-state index contributed by atoms with van der Waals surface area (Å²) in [6.07, 6.45) is -1.20. The van der Waals surface area contributed by atoms with Gasteiger partial charge in [-0.15, -0.1) is 0 Å². The summed E-state index contributed by atoms with van der Waals surface area (Å²) < 4.78 is 101. The molecule has 22 heteroatoms. The number of alkyl halides is 7. The number of hydrogen-bond acceptors (Lipinski definition) is 10. The Kier molecular flexibility index (Phi) is 12.5.